The van der Waals surface area contributed by atoms with Gasteiger partial charge < -0.3 is 9.64 Å². The molecular weight excluding hydrogens is 364 g/mol. The Bertz CT molecular complexity index is 770. The summed E-state index contributed by atoms with van der Waals surface area (Å²) in [6, 6.07) is 6.25. The van der Waals surface area contributed by atoms with Gasteiger partial charge in [0, 0.05) is 19.6 Å². The van der Waals surface area contributed by atoms with Gasteiger partial charge in [-0.1, -0.05) is 19.9 Å². The summed E-state index contributed by atoms with van der Waals surface area (Å²) in [7, 11) is -1.60. The predicted octanol–water partition coefficient (Wildman–Crippen LogP) is 2.60. The van der Waals surface area contributed by atoms with Gasteiger partial charge in [0.15, 0.2) is 0 Å². The highest BCUT2D eigenvalue weighted by Crippen LogP contribution is 2.27. The van der Waals surface area contributed by atoms with E-state index in [-0.39, 0.29) is 11.0 Å². The fourth-order valence-corrected chi connectivity index (χ4v) is 5.90. The number of hydrogen-bond acceptors (Lipinski definition) is 5. The Labute approximate surface area is 162 Å². The summed E-state index contributed by atoms with van der Waals surface area (Å²) in [6.07, 6.45) is 2.74. The van der Waals surface area contributed by atoms with Gasteiger partial charge in [0.05, 0.1) is 10.5 Å². The molecule has 0 aromatic heterocycles. The fourth-order valence-electron chi connectivity index (χ4n) is 4.17. The lowest BCUT2D eigenvalue weighted by molar-refractivity contribution is 0.0108. The molecule has 0 amide bonds. The van der Waals surface area contributed by atoms with E-state index in [0.29, 0.717) is 37.0 Å². The normalized spacial score (nSPS) is 28.0. The Morgan fingerprint density at radius 3 is 2.52 bits per heavy atom. The van der Waals surface area contributed by atoms with Crippen LogP contribution in [0.15, 0.2) is 29.2 Å². The van der Waals surface area contributed by atoms with Crippen molar-refractivity contribution >= 4 is 16.0 Å². The lowest BCUT2D eigenvalue weighted by atomic mass is 9.94. The number of rotatable bonds is 4. The maximum Gasteiger partial charge on any atom is 0.338 e. The maximum atomic E-state index is 13.1. The Balaban J connectivity index is 1.75. The van der Waals surface area contributed by atoms with Crippen LogP contribution in [0.3, 0.4) is 0 Å². The monoisotopic (exact) mass is 394 g/mol. The second-order valence-electron chi connectivity index (χ2n) is 8.23. The molecule has 3 unspecified atom stereocenters. The van der Waals surface area contributed by atoms with Gasteiger partial charge in [0.1, 0.15) is 6.10 Å². The molecule has 3 atom stereocenters. The highest BCUT2D eigenvalue weighted by Gasteiger charge is 2.32. The van der Waals surface area contributed by atoms with Gasteiger partial charge >= 0.3 is 5.97 Å². The molecule has 0 bridgehead atoms. The molecular formula is C20H30N2O4S. The number of likely N-dealkylation sites (tertiary alicyclic amines) is 1. The zero-order chi connectivity index (χ0) is 19.6. The number of hydrogen-bond donors (Lipinski definition) is 0. The molecule has 2 aliphatic heterocycles. The van der Waals surface area contributed by atoms with E-state index in [1.54, 1.807) is 22.5 Å². The van der Waals surface area contributed by atoms with Gasteiger partial charge in [-0.05, 0) is 62.9 Å². The Morgan fingerprint density at radius 2 is 1.85 bits per heavy atom. The molecule has 2 fully saturated rings. The molecule has 2 heterocycles. The van der Waals surface area contributed by atoms with E-state index < -0.39 is 16.0 Å². The standard InChI is InChI=1S/C20H30N2O4S/c1-15-10-16(2)13-22(12-15)27(24,25)19-8-4-6-17(11-19)20(23)26-18-7-5-9-21(3)14-18/h4,6,8,11,15-16,18H,5,7,9-10,12-14H2,1-3H3. The predicted molar refractivity (Wildman–Crippen MR) is 104 cm³/mol. The van der Waals surface area contributed by atoms with Crippen molar-refractivity contribution in [3.05, 3.63) is 29.8 Å². The molecule has 2 aliphatic rings. The third-order valence-electron chi connectivity index (χ3n) is 5.40. The van der Waals surface area contributed by atoms with Crippen molar-refractivity contribution in [1.82, 2.24) is 9.21 Å². The second-order valence-corrected chi connectivity index (χ2v) is 10.2. The van der Waals surface area contributed by atoms with Crippen molar-refractivity contribution in [3.8, 4) is 0 Å². The number of carbonyl (C=O) groups excluding carboxylic acids is 1. The quantitative estimate of drug-likeness (QED) is 0.735. The molecule has 1 aromatic rings. The number of piperidine rings is 2. The third kappa shape index (κ3) is 4.89. The first-order valence-corrected chi connectivity index (χ1v) is 11.2. The van der Waals surface area contributed by atoms with Crippen molar-refractivity contribution in [2.24, 2.45) is 11.8 Å². The van der Waals surface area contributed by atoms with Crippen LogP contribution >= 0.6 is 0 Å². The lowest BCUT2D eigenvalue weighted by Crippen LogP contribution is -2.42. The van der Waals surface area contributed by atoms with Crippen LogP contribution < -0.4 is 0 Å². The second kappa shape index (κ2) is 8.29. The van der Waals surface area contributed by atoms with Crippen LogP contribution in [-0.2, 0) is 14.8 Å². The molecule has 27 heavy (non-hydrogen) atoms. The average molecular weight is 395 g/mol. The largest absolute Gasteiger partial charge is 0.457 e. The molecule has 3 rings (SSSR count). The van der Waals surface area contributed by atoms with Crippen LogP contribution in [0.1, 0.15) is 43.5 Å². The van der Waals surface area contributed by atoms with Crippen LogP contribution in [0.4, 0.5) is 0 Å². The van der Waals surface area contributed by atoms with Crippen LogP contribution in [0, 0.1) is 11.8 Å². The fraction of sp³-hybridized carbons (Fsp3) is 0.650. The summed E-state index contributed by atoms with van der Waals surface area (Å²) in [6.45, 7) is 6.92. The minimum Gasteiger partial charge on any atom is -0.457 e. The highest BCUT2D eigenvalue weighted by atomic mass is 32.2. The number of ether oxygens (including phenoxy) is 1. The summed E-state index contributed by atoms with van der Waals surface area (Å²) < 4.78 is 33.3. The van der Waals surface area contributed by atoms with Gasteiger partial charge in [-0.15, -0.1) is 0 Å². The third-order valence-corrected chi connectivity index (χ3v) is 7.23. The zero-order valence-electron chi connectivity index (χ0n) is 16.4. The molecule has 0 aliphatic carbocycles. The first kappa shape index (κ1) is 20.3. The van der Waals surface area contributed by atoms with Gasteiger partial charge in [-0.2, -0.15) is 4.31 Å². The molecule has 0 spiro atoms. The average Bonchev–Trinajstić information content (AvgIpc) is 2.61. The van der Waals surface area contributed by atoms with E-state index in [0.717, 1.165) is 25.8 Å². The summed E-state index contributed by atoms with van der Waals surface area (Å²) in [5.41, 5.74) is 0.294. The summed E-state index contributed by atoms with van der Waals surface area (Å²) >= 11 is 0. The van der Waals surface area contributed by atoms with Crippen LogP contribution in [-0.4, -0.2) is 62.9 Å². The molecule has 2 saturated heterocycles. The highest BCUT2D eigenvalue weighted by molar-refractivity contribution is 7.89. The van der Waals surface area contributed by atoms with E-state index in [1.165, 1.54) is 6.07 Å². The van der Waals surface area contributed by atoms with Gasteiger partial charge in [-0.25, -0.2) is 13.2 Å². The Morgan fingerprint density at radius 1 is 1.15 bits per heavy atom. The smallest absolute Gasteiger partial charge is 0.338 e. The zero-order valence-corrected chi connectivity index (χ0v) is 17.2. The van der Waals surface area contributed by atoms with Crippen molar-refractivity contribution in [1.29, 1.82) is 0 Å². The number of sulfonamides is 1. The number of likely N-dealkylation sites (N-methyl/N-ethyl adjacent to an activating group) is 1. The Kier molecular flexibility index (Phi) is 6.23. The molecule has 0 radical (unpaired) electrons. The molecule has 6 nitrogen and oxygen atoms in total. The van der Waals surface area contributed by atoms with Crippen molar-refractivity contribution < 1.29 is 17.9 Å². The van der Waals surface area contributed by atoms with Crippen LogP contribution in [0.2, 0.25) is 0 Å². The maximum absolute atomic E-state index is 13.1. The first-order chi connectivity index (χ1) is 12.8. The summed E-state index contributed by atoms with van der Waals surface area (Å²) in [5, 5.41) is 0. The minimum atomic E-state index is -3.61. The van der Waals surface area contributed by atoms with Gasteiger partial charge in [0.25, 0.3) is 0 Å². The number of esters is 1. The van der Waals surface area contributed by atoms with E-state index in [9.17, 15) is 13.2 Å². The van der Waals surface area contributed by atoms with E-state index in [4.69, 9.17) is 4.74 Å². The molecule has 0 saturated carbocycles. The van der Waals surface area contributed by atoms with Gasteiger partial charge in [-0.3, -0.25) is 0 Å². The minimum absolute atomic E-state index is 0.139. The number of nitrogens with zero attached hydrogens (tertiary/aromatic N) is 2. The number of benzene rings is 1. The summed E-state index contributed by atoms with van der Waals surface area (Å²) in [5.74, 6) is 0.215. The molecule has 1 aromatic carbocycles. The topological polar surface area (TPSA) is 66.9 Å². The van der Waals surface area contributed by atoms with Crippen LogP contribution in [0.5, 0.6) is 0 Å². The van der Waals surface area contributed by atoms with Crippen molar-refractivity contribution in [3.63, 3.8) is 0 Å². The Hall–Kier alpha value is -1.44. The van der Waals surface area contributed by atoms with E-state index >= 15 is 0 Å². The van der Waals surface area contributed by atoms with Gasteiger partial charge in [0.2, 0.25) is 10.0 Å². The molecule has 150 valence electrons. The first-order valence-electron chi connectivity index (χ1n) is 9.75. The van der Waals surface area contributed by atoms with E-state index in [2.05, 4.69) is 18.7 Å². The molecule has 7 heteroatoms. The van der Waals surface area contributed by atoms with E-state index in [1.807, 2.05) is 7.05 Å². The van der Waals surface area contributed by atoms with Crippen LogP contribution in [0.25, 0.3) is 0 Å². The number of carbonyl (C=O) groups is 1. The van der Waals surface area contributed by atoms with Crippen molar-refractivity contribution in [2.75, 3.05) is 33.2 Å². The molecule has 0 N–H and O–H groups in total. The lowest BCUT2D eigenvalue weighted by Gasteiger charge is -2.34. The van der Waals surface area contributed by atoms with Crippen molar-refractivity contribution in [2.45, 2.75) is 44.1 Å². The SMILES string of the molecule is CC1CC(C)CN(S(=O)(=O)c2cccc(C(=O)OC3CCCN(C)C3)c2)C1. The summed E-state index contributed by atoms with van der Waals surface area (Å²) in [4.78, 5) is 14.8.